The Labute approximate surface area is 205 Å². The van der Waals surface area contributed by atoms with Gasteiger partial charge >= 0.3 is 12.3 Å². The standard InChI is InChI=1S/C23H18F3N3O6S/c24-23(25,26)35-14-3-1-2-13(6-14)16-5-4-12(7-27-16)9-29-17-11-36-10-15(17)20(32)19(22(29)34)21(33)28-8-18(30)31/h1-7,32H,8-11H2,(H,28,33)(H,30,31)/p+1. The second kappa shape index (κ2) is 9.93. The molecule has 9 nitrogen and oxygen atoms in total. The van der Waals surface area contributed by atoms with Gasteiger partial charge in [0.15, 0.2) is 6.20 Å². The molecular weight excluding hydrogens is 503 g/mol. The van der Waals surface area contributed by atoms with Crippen LogP contribution >= 0.6 is 11.8 Å². The van der Waals surface area contributed by atoms with Crippen LogP contribution in [0.25, 0.3) is 11.3 Å². The Morgan fingerprint density at radius 3 is 2.64 bits per heavy atom. The van der Waals surface area contributed by atoms with Gasteiger partial charge in [0.25, 0.3) is 11.5 Å². The number of amides is 1. The fraction of sp³-hybridized carbons (Fsp3) is 0.217. The average molecular weight is 522 g/mol. The number of hydrogen-bond donors (Lipinski definition) is 3. The number of carboxylic acids is 1. The number of H-pyrrole nitrogens is 1. The minimum atomic E-state index is -4.81. The van der Waals surface area contributed by atoms with Gasteiger partial charge < -0.3 is 24.8 Å². The minimum absolute atomic E-state index is 0.0369. The molecule has 1 aliphatic heterocycles. The Bertz CT molecular complexity index is 1390. The van der Waals surface area contributed by atoms with Crippen molar-refractivity contribution < 1.29 is 42.7 Å². The molecule has 0 radical (unpaired) electrons. The zero-order chi connectivity index (χ0) is 26.0. The second-order valence-corrected chi connectivity index (χ2v) is 8.78. The zero-order valence-electron chi connectivity index (χ0n) is 18.4. The topological polar surface area (TPSA) is 132 Å². The number of nitrogens with zero attached hydrogens (tertiary/aromatic N) is 1. The molecular formula is C23H19F3N3O6S+. The van der Waals surface area contributed by atoms with Gasteiger partial charge in [-0.3, -0.25) is 14.4 Å². The number of carboxylic acid groups (broad SMARTS) is 1. The second-order valence-electron chi connectivity index (χ2n) is 7.80. The predicted octanol–water partition coefficient (Wildman–Crippen LogP) is 2.54. The molecule has 0 aliphatic carbocycles. The van der Waals surface area contributed by atoms with Crippen molar-refractivity contribution in [3.8, 4) is 22.8 Å². The van der Waals surface area contributed by atoms with E-state index >= 15 is 0 Å². The highest BCUT2D eigenvalue weighted by Gasteiger charge is 2.31. The van der Waals surface area contributed by atoms with Gasteiger partial charge in [-0.05, 0) is 24.3 Å². The van der Waals surface area contributed by atoms with Crippen LogP contribution in [0.2, 0.25) is 0 Å². The molecule has 36 heavy (non-hydrogen) atoms. The molecule has 4 N–H and O–H groups in total. The number of aliphatic carboxylic acids is 1. The van der Waals surface area contributed by atoms with Crippen LogP contribution < -0.4 is 20.6 Å². The lowest BCUT2D eigenvalue weighted by atomic mass is 10.1. The summed E-state index contributed by atoms with van der Waals surface area (Å²) in [4.78, 5) is 39.4. The number of rotatable bonds is 7. The van der Waals surface area contributed by atoms with Gasteiger partial charge in [0, 0.05) is 40.0 Å². The van der Waals surface area contributed by atoms with Gasteiger partial charge in [0.2, 0.25) is 5.69 Å². The van der Waals surface area contributed by atoms with E-state index in [1.807, 2.05) is 0 Å². The normalized spacial score (nSPS) is 12.8. The zero-order valence-corrected chi connectivity index (χ0v) is 19.2. The number of aromatic hydroxyl groups is 1. The molecule has 1 amide bonds. The molecule has 188 valence electrons. The summed E-state index contributed by atoms with van der Waals surface area (Å²) in [5.74, 6) is -2.30. The van der Waals surface area contributed by atoms with E-state index in [9.17, 15) is 32.7 Å². The number of aromatic amines is 1. The van der Waals surface area contributed by atoms with Crippen LogP contribution in [0.1, 0.15) is 27.2 Å². The summed E-state index contributed by atoms with van der Waals surface area (Å²) >= 11 is 1.45. The number of halogens is 3. The Morgan fingerprint density at radius 1 is 1.19 bits per heavy atom. The quantitative estimate of drug-likeness (QED) is 0.435. The fourth-order valence-corrected chi connectivity index (χ4v) is 4.90. The first-order valence-electron chi connectivity index (χ1n) is 10.5. The fourth-order valence-electron chi connectivity index (χ4n) is 3.77. The lowest BCUT2D eigenvalue weighted by molar-refractivity contribution is -0.365. The van der Waals surface area contributed by atoms with E-state index in [1.165, 1.54) is 34.5 Å². The summed E-state index contributed by atoms with van der Waals surface area (Å²) in [5.41, 5.74) is 1.25. The number of nitrogens with one attached hydrogen (secondary N) is 2. The Hall–Kier alpha value is -4.00. The highest BCUT2D eigenvalue weighted by Crippen LogP contribution is 2.36. The largest absolute Gasteiger partial charge is 0.573 e. The summed E-state index contributed by atoms with van der Waals surface area (Å²) < 4.78 is 42.9. The predicted molar refractivity (Wildman–Crippen MR) is 122 cm³/mol. The summed E-state index contributed by atoms with van der Waals surface area (Å²) in [6.45, 7) is -0.676. The highest BCUT2D eigenvalue weighted by atomic mass is 32.2. The van der Waals surface area contributed by atoms with E-state index in [4.69, 9.17) is 5.11 Å². The first-order chi connectivity index (χ1) is 17.0. The van der Waals surface area contributed by atoms with Gasteiger partial charge in [-0.15, -0.1) is 13.2 Å². The number of benzene rings is 1. The maximum absolute atomic E-state index is 13.1. The number of hydrogen-bond acceptors (Lipinski definition) is 6. The minimum Gasteiger partial charge on any atom is -0.507 e. The van der Waals surface area contributed by atoms with Crippen molar-refractivity contribution >= 4 is 23.6 Å². The van der Waals surface area contributed by atoms with E-state index in [-0.39, 0.29) is 12.3 Å². The van der Waals surface area contributed by atoms with Gasteiger partial charge in [-0.2, -0.15) is 11.8 Å². The first-order valence-corrected chi connectivity index (χ1v) is 11.6. The number of carbonyl (C=O) groups excluding carboxylic acids is 1. The summed E-state index contributed by atoms with van der Waals surface area (Å²) in [6.07, 6.45) is -3.24. The number of thioether (sulfide) groups is 1. The summed E-state index contributed by atoms with van der Waals surface area (Å²) in [5, 5.41) is 21.4. The van der Waals surface area contributed by atoms with Crippen LogP contribution in [0.3, 0.4) is 0 Å². The number of pyridine rings is 2. The van der Waals surface area contributed by atoms with Crippen molar-refractivity contribution in [3.05, 3.63) is 75.3 Å². The number of carbonyl (C=O) groups is 2. The van der Waals surface area contributed by atoms with Crippen LogP contribution in [-0.2, 0) is 22.8 Å². The third-order valence-corrected chi connectivity index (χ3v) is 6.34. The van der Waals surface area contributed by atoms with Crippen molar-refractivity contribution in [3.63, 3.8) is 0 Å². The van der Waals surface area contributed by atoms with Crippen LogP contribution in [0.4, 0.5) is 13.2 Å². The molecule has 4 rings (SSSR count). The maximum atomic E-state index is 13.1. The van der Waals surface area contributed by atoms with E-state index in [2.05, 4.69) is 15.0 Å². The van der Waals surface area contributed by atoms with Crippen LogP contribution in [0.5, 0.6) is 11.5 Å². The van der Waals surface area contributed by atoms with Crippen LogP contribution in [0, 0.1) is 0 Å². The lowest BCUT2D eigenvalue weighted by Crippen LogP contribution is -2.37. The Balaban J connectivity index is 1.63. The average Bonchev–Trinajstić information content (AvgIpc) is 3.30. The molecule has 3 heterocycles. The van der Waals surface area contributed by atoms with Crippen molar-refractivity contribution in [2.45, 2.75) is 24.4 Å². The molecule has 13 heteroatoms. The van der Waals surface area contributed by atoms with Crippen molar-refractivity contribution in [1.82, 2.24) is 9.88 Å². The highest BCUT2D eigenvalue weighted by molar-refractivity contribution is 7.98. The third-order valence-electron chi connectivity index (χ3n) is 5.36. The van der Waals surface area contributed by atoms with Crippen molar-refractivity contribution in [1.29, 1.82) is 0 Å². The lowest BCUT2D eigenvalue weighted by Gasteiger charge is -2.15. The van der Waals surface area contributed by atoms with E-state index in [0.29, 0.717) is 39.6 Å². The van der Waals surface area contributed by atoms with Crippen LogP contribution in [0.15, 0.2) is 47.4 Å². The molecule has 2 aromatic heterocycles. The molecule has 0 fully saturated rings. The van der Waals surface area contributed by atoms with Crippen LogP contribution in [-0.4, -0.2) is 39.6 Å². The van der Waals surface area contributed by atoms with E-state index < -0.39 is 41.7 Å². The molecule has 0 saturated heterocycles. The third kappa shape index (κ3) is 5.46. The van der Waals surface area contributed by atoms with Crippen molar-refractivity contribution in [2.75, 3.05) is 6.54 Å². The molecule has 0 unspecified atom stereocenters. The molecule has 0 spiro atoms. The summed E-state index contributed by atoms with van der Waals surface area (Å²) in [7, 11) is 0. The first kappa shape index (κ1) is 25.1. The monoisotopic (exact) mass is 522 g/mol. The Kier molecular flexibility index (Phi) is 6.93. The molecule has 0 atom stereocenters. The maximum Gasteiger partial charge on any atom is 0.573 e. The van der Waals surface area contributed by atoms with Crippen molar-refractivity contribution in [2.24, 2.45) is 0 Å². The van der Waals surface area contributed by atoms with Gasteiger partial charge in [0.05, 0.1) is 6.54 Å². The SMILES string of the molecule is O=C(O)CNC(=O)c1c(O)c2c(n(Cc3ccc(-c4cccc(OC(F)(F)F)c4)[nH+]c3)c1=O)CSC2. The number of ether oxygens (including phenoxy) is 1. The Morgan fingerprint density at radius 2 is 1.97 bits per heavy atom. The van der Waals surface area contributed by atoms with E-state index in [0.717, 1.165) is 0 Å². The molecule has 0 saturated carbocycles. The van der Waals surface area contributed by atoms with E-state index in [1.54, 1.807) is 24.4 Å². The number of alkyl halides is 3. The molecule has 1 aliphatic rings. The number of aromatic nitrogens is 2. The van der Waals surface area contributed by atoms with Gasteiger partial charge in [0.1, 0.15) is 23.6 Å². The molecule has 3 aromatic rings. The number of fused-ring (bicyclic) bond motifs is 1. The summed E-state index contributed by atoms with van der Waals surface area (Å²) in [6, 6.07) is 8.74. The van der Waals surface area contributed by atoms with Gasteiger partial charge in [-0.25, -0.2) is 4.98 Å². The molecule has 0 bridgehead atoms. The smallest absolute Gasteiger partial charge is 0.507 e. The van der Waals surface area contributed by atoms with Gasteiger partial charge in [-0.1, -0.05) is 6.07 Å². The molecule has 1 aromatic carbocycles.